The number of carbonyl (C=O) groups is 3. The Bertz CT molecular complexity index is 2900. The van der Waals surface area contributed by atoms with E-state index in [9.17, 15) is 29.7 Å². The number of primary amides is 3. The second-order valence-electron chi connectivity index (χ2n) is 19.1. The number of rotatable bonds is 12. The molecule has 21 heteroatoms. The summed E-state index contributed by atoms with van der Waals surface area (Å²) in [6.07, 6.45) is -21.5. The summed E-state index contributed by atoms with van der Waals surface area (Å²) in [7, 11) is 0. The molecule has 3 aliphatic carbocycles. The predicted octanol–water partition coefficient (Wildman–Crippen LogP) is 5.24. The monoisotopic (exact) mass is 982 g/mol. The van der Waals surface area contributed by atoms with E-state index in [-0.39, 0.29) is 52.0 Å². The molecule has 69 heavy (non-hydrogen) atoms. The van der Waals surface area contributed by atoms with Crippen LogP contribution in [0.5, 0.6) is 0 Å². The zero-order chi connectivity index (χ0) is 67.7. The van der Waals surface area contributed by atoms with E-state index in [1.54, 1.807) is 0 Å². The van der Waals surface area contributed by atoms with Gasteiger partial charge >= 0.3 is 0 Å². The molecule has 6 rings (SSSR count). The van der Waals surface area contributed by atoms with E-state index in [4.69, 9.17) is 41.9 Å². The molecule has 15 atom stereocenters. The Balaban J connectivity index is 0.000000279. The number of nitrogens with two attached hydrogens (primary N) is 3. The fourth-order valence-corrected chi connectivity index (χ4v) is 5.63. The fourth-order valence-electron chi connectivity index (χ4n) is 5.63. The molecule has 3 amide bonds. The minimum Gasteiger partial charge on any atom is -0.393 e. The van der Waals surface area contributed by atoms with Crippen LogP contribution >= 0.6 is 0 Å². The van der Waals surface area contributed by atoms with Crippen molar-refractivity contribution in [2.24, 2.45) is 34.9 Å². The van der Waals surface area contributed by atoms with Crippen molar-refractivity contribution in [1.29, 1.82) is 0 Å². The van der Waals surface area contributed by atoms with Crippen molar-refractivity contribution in [2.45, 2.75) is 194 Å². The quantitative estimate of drug-likeness (QED) is 0.110. The lowest BCUT2D eigenvalue weighted by molar-refractivity contribution is 0.0737. The summed E-state index contributed by atoms with van der Waals surface area (Å²) < 4.78 is 149. The number of anilines is 6. The largest absolute Gasteiger partial charge is 0.393 e. The normalized spacial score (nSPS) is 43.8. The van der Waals surface area contributed by atoms with Crippen LogP contribution in [0.25, 0.3) is 0 Å². The highest BCUT2D eigenvalue weighted by atomic mass is 16.3. The van der Waals surface area contributed by atoms with E-state index in [0.29, 0.717) is 0 Å². The second kappa shape index (κ2) is 23.8. The maximum atomic E-state index is 11.8. The van der Waals surface area contributed by atoms with E-state index in [1.807, 2.05) is 62.3 Å². The van der Waals surface area contributed by atoms with Gasteiger partial charge in [0.2, 0.25) is 17.8 Å². The van der Waals surface area contributed by atoms with Crippen molar-refractivity contribution in [1.82, 2.24) is 29.9 Å². The number of aromatic nitrogens is 6. The Kier molecular flexibility index (Phi) is 11.9. The summed E-state index contributed by atoms with van der Waals surface area (Å²) in [6, 6.07) is -7.63. The molecule has 3 aromatic rings. The van der Waals surface area contributed by atoms with Crippen LogP contribution in [-0.2, 0) is 0 Å². The Hall–Kier alpha value is -5.67. The highest BCUT2D eigenvalue weighted by molar-refractivity contribution is 5.98. The second-order valence-corrected chi connectivity index (χ2v) is 19.1. The first-order valence-electron chi connectivity index (χ1n) is 31.1. The van der Waals surface area contributed by atoms with Crippen molar-refractivity contribution in [3.05, 3.63) is 35.3 Å². The van der Waals surface area contributed by atoms with Crippen LogP contribution < -0.4 is 49.1 Å². The minimum absolute atomic E-state index is 0.0693. The number of nitrogens with zero attached hydrogens (tertiary/aromatic N) is 6. The lowest BCUT2D eigenvalue weighted by Crippen LogP contribution is -2.36. The molecule has 0 spiro atoms. The van der Waals surface area contributed by atoms with Gasteiger partial charge in [0.05, 0.1) is 39.1 Å². The van der Waals surface area contributed by atoms with Gasteiger partial charge < -0.3 is 64.4 Å². The third-order valence-electron chi connectivity index (χ3n) is 9.11. The average Bonchev–Trinajstić information content (AvgIpc) is 0.737. The lowest BCUT2D eigenvalue weighted by Gasteiger charge is -2.32. The van der Waals surface area contributed by atoms with Gasteiger partial charge in [0.15, 0.2) is 0 Å². The van der Waals surface area contributed by atoms with E-state index in [2.05, 4.69) is 61.8 Å². The topological polar surface area (TPSA) is 339 Å². The fraction of sp³-hybridized carbons (Fsp3) is 0.688. The first-order valence-corrected chi connectivity index (χ1v) is 21.6. The van der Waals surface area contributed by atoms with Gasteiger partial charge in [-0.2, -0.15) is 15.0 Å². The standard InChI is InChI=1S/3C16H27N5O2/c3*1-9-5-6-10(7-12(9)22)19-14-11(13(17)23)8-18-15(20-14)21-16(2,3)4/h3*8-10,12,22H,5-7H2,1-4H3,(H2,17,23)(H2,18,19,20,21)/i5D2,6D,7D,9D,10D;5D,6D2,7D,9D,10D;5D,6D,7D2,9D,10D. The number of hydrogen-bond donors (Lipinski definition) is 12. The first kappa shape index (κ1) is 34.6. The molecule has 3 aliphatic rings. The molecule has 3 aromatic heterocycles. The molecule has 0 aliphatic heterocycles. The van der Waals surface area contributed by atoms with Crippen LogP contribution in [0.1, 0.15) is 196 Å². The van der Waals surface area contributed by atoms with Crippen molar-refractivity contribution >= 4 is 53.0 Å². The number of carbonyl (C=O) groups excluding carboxylic acids is 3. The smallest absolute Gasteiger partial charge is 0.254 e. The van der Waals surface area contributed by atoms with E-state index in [1.165, 1.54) is 0 Å². The van der Waals surface area contributed by atoms with Crippen molar-refractivity contribution < 1.29 is 54.4 Å². The Morgan fingerprint density at radius 3 is 1.30 bits per heavy atom. The molecule has 0 bridgehead atoms. The SMILES string of the molecule is [2H]C1C(O)C([2H])(C)C([2H])([2H])C([2H])C1([2H])Nc1nc(NC(C)(C)C)ncc1C(N)=O.[2H]C1C([2H])(C)C(O)C([2H])C([2H])(Nc2nc(NC(C)(C)C)ncc2C(N)=O)C1([2H])[2H].[2H]C1C([2H])C([2H])(Nc2nc(NC(C)(C)C)ncc2C(N)=O)C([2H])([2H])C(O)C1([2H])C. The maximum absolute atomic E-state index is 11.8. The van der Waals surface area contributed by atoms with E-state index in [0.717, 1.165) is 39.4 Å². The first-order chi connectivity index (χ1) is 38.8. The van der Waals surface area contributed by atoms with Crippen molar-refractivity contribution in [3.8, 4) is 0 Å². The van der Waals surface area contributed by atoms with Crippen LogP contribution in [0.2, 0.25) is 0 Å². The highest BCUT2D eigenvalue weighted by Crippen LogP contribution is 2.30. The minimum atomic E-state index is -2.83. The van der Waals surface area contributed by atoms with Gasteiger partial charge in [-0.3, -0.25) is 14.4 Å². The summed E-state index contributed by atoms with van der Waals surface area (Å²) in [6.45, 7) is 20.0. The number of hydrogen-bond acceptors (Lipinski definition) is 18. The molecule has 0 radical (unpaired) electrons. The van der Waals surface area contributed by atoms with Gasteiger partial charge in [-0.05, 0) is 137 Å². The molecular weight excluding hydrogens is 883 g/mol. The zero-order valence-electron chi connectivity index (χ0n) is 58.9. The number of nitrogens with one attached hydrogen (secondary N) is 6. The molecular formula is C48H81N15O6. The molecule has 21 nitrogen and oxygen atoms in total. The average molecular weight is 982 g/mol. The number of amides is 3. The van der Waals surface area contributed by atoms with Gasteiger partial charge in [0, 0.05) is 73.8 Å². The Labute approximate surface area is 432 Å². The number of aliphatic hydroxyl groups excluding tert-OH is 3. The Morgan fingerprint density at radius 1 is 0.536 bits per heavy atom. The summed E-state index contributed by atoms with van der Waals surface area (Å²) in [5, 5.41) is 47.3. The summed E-state index contributed by atoms with van der Waals surface area (Å²) in [5.41, 5.74) is 14.0. The van der Waals surface area contributed by atoms with Crippen LogP contribution in [0.3, 0.4) is 0 Å². The lowest BCUT2D eigenvalue weighted by atomic mass is 9.85. The van der Waals surface area contributed by atoms with Gasteiger partial charge in [0.1, 0.15) is 17.5 Å². The van der Waals surface area contributed by atoms with E-state index < -0.39 is 146 Å². The molecule has 3 saturated carbocycles. The van der Waals surface area contributed by atoms with Crippen LogP contribution in [-0.4, -0.2) is 116 Å². The zero-order valence-corrected chi connectivity index (χ0v) is 40.9. The highest BCUT2D eigenvalue weighted by Gasteiger charge is 2.30. The molecule has 15 N–H and O–H groups in total. The molecule has 3 heterocycles. The number of aliphatic hydroxyl groups is 3. The summed E-state index contributed by atoms with van der Waals surface area (Å²) >= 11 is 0. The maximum Gasteiger partial charge on any atom is 0.254 e. The van der Waals surface area contributed by atoms with Gasteiger partial charge in [0.25, 0.3) is 17.7 Å². The van der Waals surface area contributed by atoms with Gasteiger partial charge in [-0.15, -0.1) is 0 Å². The Morgan fingerprint density at radius 2 is 0.899 bits per heavy atom. The van der Waals surface area contributed by atoms with Gasteiger partial charge in [-0.1, -0.05) is 20.8 Å². The van der Waals surface area contributed by atoms with Crippen LogP contribution in [0, 0.1) is 17.7 Å². The van der Waals surface area contributed by atoms with Crippen LogP contribution in [0.4, 0.5) is 35.3 Å². The molecule has 0 aromatic carbocycles. The predicted molar refractivity (Wildman–Crippen MR) is 271 cm³/mol. The van der Waals surface area contributed by atoms with Gasteiger partial charge in [-0.25, -0.2) is 15.0 Å². The van der Waals surface area contributed by atoms with Crippen molar-refractivity contribution in [3.63, 3.8) is 0 Å². The van der Waals surface area contributed by atoms with Crippen molar-refractivity contribution in [2.75, 3.05) is 31.9 Å². The summed E-state index contributed by atoms with van der Waals surface area (Å²) in [4.78, 5) is 59.7. The third-order valence-corrected chi connectivity index (χ3v) is 9.11. The molecule has 0 saturated heterocycles. The molecule has 3 fully saturated rings. The molecule has 384 valence electrons. The third kappa shape index (κ3) is 18.3. The molecule has 15 unspecified atom stereocenters. The van der Waals surface area contributed by atoms with Crippen LogP contribution in [0.15, 0.2) is 18.6 Å². The van der Waals surface area contributed by atoms with E-state index >= 15 is 0 Å². The summed E-state index contributed by atoms with van der Waals surface area (Å²) in [5.74, 6) is -9.67.